The van der Waals surface area contributed by atoms with Crippen molar-refractivity contribution in [1.29, 1.82) is 0 Å². The molecule has 1 aliphatic heterocycles. The number of benzene rings is 1. The lowest BCUT2D eigenvalue weighted by atomic mass is 10.2. The van der Waals surface area contributed by atoms with Gasteiger partial charge in [-0.2, -0.15) is 0 Å². The lowest BCUT2D eigenvalue weighted by molar-refractivity contribution is 0.689. The molecule has 1 unspecified atom stereocenters. The van der Waals surface area contributed by atoms with Gasteiger partial charge < -0.3 is 0 Å². The molecular weight excluding hydrogens is 168 g/mol. The zero-order chi connectivity index (χ0) is 8.97. The third-order valence-corrected chi connectivity index (χ3v) is 2.70. The van der Waals surface area contributed by atoms with Gasteiger partial charge in [-0.1, -0.05) is 32.0 Å². The van der Waals surface area contributed by atoms with Gasteiger partial charge in [-0.3, -0.25) is 0 Å². The van der Waals surface area contributed by atoms with Crippen LogP contribution in [0.2, 0.25) is 0 Å². The van der Waals surface area contributed by atoms with Crippen LogP contribution in [0, 0.1) is 0 Å². The van der Waals surface area contributed by atoms with E-state index in [1.807, 2.05) is 44.2 Å². The Labute approximate surface area is 75.6 Å². The van der Waals surface area contributed by atoms with Gasteiger partial charge >= 0.3 is 0 Å². The van der Waals surface area contributed by atoms with Gasteiger partial charge in [-0.05, 0) is 17.7 Å². The molecule has 1 heterocycles. The molecule has 1 aromatic rings. The highest BCUT2D eigenvalue weighted by molar-refractivity contribution is 7.88. The minimum Gasteiger partial charge on any atom is -0.250 e. The standard InChI is InChI=1S/C8H6OS.C2H6/c9-10-6-5-7-3-1-2-4-8(7)10;1-2/h1-6H;1-2H3. The van der Waals surface area contributed by atoms with E-state index in [1.54, 1.807) is 5.41 Å². The Kier molecular flexibility index (Phi) is 3.23. The second-order valence-corrected chi connectivity index (χ2v) is 3.44. The van der Waals surface area contributed by atoms with Crippen LogP contribution in [-0.4, -0.2) is 4.21 Å². The van der Waals surface area contributed by atoms with E-state index >= 15 is 0 Å². The second kappa shape index (κ2) is 4.21. The van der Waals surface area contributed by atoms with Gasteiger partial charge in [0, 0.05) is 5.41 Å². The van der Waals surface area contributed by atoms with Gasteiger partial charge in [0.05, 0.1) is 15.7 Å². The first kappa shape index (κ1) is 9.20. The van der Waals surface area contributed by atoms with Crippen molar-refractivity contribution in [2.24, 2.45) is 0 Å². The molecule has 12 heavy (non-hydrogen) atoms. The molecular formula is C10H12OS. The van der Waals surface area contributed by atoms with E-state index in [-0.39, 0.29) is 0 Å². The molecule has 0 fully saturated rings. The molecule has 64 valence electrons. The Morgan fingerprint density at radius 2 is 1.83 bits per heavy atom. The molecule has 2 heteroatoms. The van der Waals surface area contributed by atoms with E-state index in [0.717, 1.165) is 10.5 Å². The maximum atomic E-state index is 11.1. The Morgan fingerprint density at radius 1 is 1.17 bits per heavy atom. The Morgan fingerprint density at radius 3 is 2.50 bits per heavy atom. The summed E-state index contributed by atoms with van der Waals surface area (Å²) in [6, 6.07) is 7.72. The van der Waals surface area contributed by atoms with Crippen molar-refractivity contribution in [1.82, 2.24) is 0 Å². The van der Waals surface area contributed by atoms with E-state index in [1.165, 1.54) is 0 Å². The highest BCUT2D eigenvalue weighted by atomic mass is 32.2. The summed E-state index contributed by atoms with van der Waals surface area (Å²) in [7, 11) is -0.878. The van der Waals surface area contributed by atoms with Crippen LogP contribution in [-0.2, 0) is 10.8 Å². The molecule has 0 radical (unpaired) electrons. The van der Waals surface area contributed by atoms with E-state index in [2.05, 4.69) is 0 Å². The average Bonchev–Trinajstić information content (AvgIpc) is 2.53. The van der Waals surface area contributed by atoms with Crippen LogP contribution in [0.25, 0.3) is 6.08 Å². The fraction of sp³-hybridized carbons (Fsp3) is 0.200. The van der Waals surface area contributed by atoms with E-state index in [4.69, 9.17) is 0 Å². The molecule has 1 aliphatic rings. The summed E-state index contributed by atoms with van der Waals surface area (Å²) >= 11 is 0. The normalized spacial score (nSPS) is 18.0. The maximum Gasteiger partial charge on any atom is 0.0782 e. The van der Waals surface area contributed by atoms with Crippen LogP contribution < -0.4 is 0 Å². The van der Waals surface area contributed by atoms with Crippen LogP contribution in [0.3, 0.4) is 0 Å². The van der Waals surface area contributed by atoms with Crippen molar-refractivity contribution < 1.29 is 4.21 Å². The Bertz CT molecular complexity index is 315. The van der Waals surface area contributed by atoms with Crippen molar-refractivity contribution in [2.45, 2.75) is 18.7 Å². The van der Waals surface area contributed by atoms with Crippen LogP contribution in [0.5, 0.6) is 0 Å². The van der Waals surface area contributed by atoms with E-state index in [9.17, 15) is 4.21 Å². The van der Waals surface area contributed by atoms with Gasteiger partial charge in [0.15, 0.2) is 0 Å². The largest absolute Gasteiger partial charge is 0.250 e. The second-order valence-electron chi connectivity index (χ2n) is 2.14. The zero-order valence-corrected chi connectivity index (χ0v) is 8.10. The highest BCUT2D eigenvalue weighted by Crippen LogP contribution is 2.22. The molecule has 0 saturated heterocycles. The molecule has 1 aromatic carbocycles. The molecule has 0 N–H and O–H groups in total. The predicted molar refractivity (Wildman–Crippen MR) is 53.2 cm³/mol. The first-order valence-electron chi connectivity index (χ1n) is 4.06. The summed E-state index contributed by atoms with van der Waals surface area (Å²) < 4.78 is 11.1. The van der Waals surface area contributed by atoms with Crippen molar-refractivity contribution in [2.75, 3.05) is 0 Å². The summed E-state index contributed by atoms with van der Waals surface area (Å²) in [6.07, 6.45) is 1.89. The number of fused-ring (bicyclic) bond motifs is 1. The molecule has 0 aromatic heterocycles. The van der Waals surface area contributed by atoms with Crippen molar-refractivity contribution in [3.05, 3.63) is 35.2 Å². The van der Waals surface area contributed by atoms with Gasteiger partial charge in [0.1, 0.15) is 0 Å². The Balaban J connectivity index is 0.000000336. The summed E-state index contributed by atoms with van der Waals surface area (Å²) in [5.74, 6) is 0. The lowest BCUT2D eigenvalue weighted by Crippen LogP contribution is -1.81. The summed E-state index contributed by atoms with van der Waals surface area (Å²) in [4.78, 5) is 0.933. The molecule has 0 spiro atoms. The van der Waals surface area contributed by atoms with Crippen LogP contribution in [0.1, 0.15) is 19.4 Å². The first-order valence-corrected chi connectivity index (χ1v) is 5.27. The predicted octanol–water partition coefficient (Wildman–Crippen LogP) is 2.80. The fourth-order valence-electron chi connectivity index (χ4n) is 1.01. The number of hydrogen-bond donors (Lipinski definition) is 0. The van der Waals surface area contributed by atoms with Gasteiger partial charge in [0.25, 0.3) is 0 Å². The third kappa shape index (κ3) is 1.64. The highest BCUT2D eigenvalue weighted by Gasteiger charge is 2.09. The van der Waals surface area contributed by atoms with Gasteiger partial charge in [-0.15, -0.1) is 0 Å². The van der Waals surface area contributed by atoms with E-state index < -0.39 is 10.8 Å². The monoisotopic (exact) mass is 180 g/mol. The fourth-order valence-corrected chi connectivity index (χ4v) is 2.01. The zero-order valence-electron chi connectivity index (χ0n) is 7.28. The van der Waals surface area contributed by atoms with E-state index in [0.29, 0.717) is 0 Å². The van der Waals surface area contributed by atoms with Gasteiger partial charge in [-0.25, -0.2) is 4.21 Å². The van der Waals surface area contributed by atoms with Crippen LogP contribution in [0.4, 0.5) is 0 Å². The maximum absolute atomic E-state index is 11.1. The molecule has 0 bridgehead atoms. The topological polar surface area (TPSA) is 17.1 Å². The summed E-state index contributed by atoms with van der Waals surface area (Å²) in [5, 5.41) is 1.71. The number of hydrogen-bond acceptors (Lipinski definition) is 1. The van der Waals surface area contributed by atoms with Crippen LogP contribution in [0.15, 0.2) is 34.6 Å². The van der Waals surface area contributed by atoms with Crippen molar-refractivity contribution >= 4 is 16.9 Å². The third-order valence-electron chi connectivity index (χ3n) is 1.51. The SMILES string of the molecule is CC.O=S1C=Cc2ccccc21. The van der Waals surface area contributed by atoms with Crippen LogP contribution >= 0.6 is 0 Å². The number of rotatable bonds is 0. The Hall–Kier alpha value is -0.890. The average molecular weight is 180 g/mol. The molecule has 1 atom stereocenters. The lowest BCUT2D eigenvalue weighted by Gasteiger charge is -1.92. The van der Waals surface area contributed by atoms with Gasteiger partial charge in [0.2, 0.25) is 0 Å². The smallest absolute Gasteiger partial charge is 0.0782 e. The van der Waals surface area contributed by atoms with Crippen molar-refractivity contribution in [3.8, 4) is 0 Å². The summed E-state index contributed by atoms with van der Waals surface area (Å²) in [5.41, 5.74) is 1.08. The minimum absolute atomic E-state index is 0.878. The molecule has 0 aliphatic carbocycles. The quantitative estimate of drug-likeness (QED) is 0.600. The first-order chi connectivity index (χ1) is 5.88. The molecule has 2 rings (SSSR count). The molecule has 0 amide bonds. The minimum atomic E-state index is -0.878. The molecule has 1 nitrogen and oxygen atoms in total. The summed E-state index contributed by atoms with van der Waals surface area (Å²) in [6.45, 7) is 4.00. The molecule has 0 saturated carbocycles. The van der Waals surface area contributed by atoms with Crippen molar-refractivity contribution in [3.63, 3.8) is 0 Å².